The van der Waals surface area contributed by atoms with Crippen molar-refractivity contribution in [3.05, 3.63) is 17.0 Å². The second kappa shape index (κ2) is 6.88. The van der Waals surface area contributed by atoms with E-state index in [1.54, 1.807) is 11.8 Å². The standard InChI is InChI=1S/C15H26N2O3/c1-9(2)17(8-11(4)18)15(19)10(3)7-14-12(5)16-20-13(14)6/h9-11,18H,7-8H2,1-6H3. The molecule has 5 heteroatoms. The summed E-state index contributed by atoms with van der Waals surface area (Å²) in [4.78, 5) is 14.3. The van der Waals surface area contributed by atoms with E-state index in [0.29, 0.717) is 13.0 Å². The topological polar surface area (TPSA) is 66.6 Å². The van der Waals surface area contributed by atoms with Crippen LogP contribution in [0.15, 0.2) is 4.52 Å². The third-order valence-corrected chi connectivity index (χ3v) is 3.48. The zero-order chi connectivity index (χ0) is 15.4. The molecular weight excluding hydrogens is 256 g/mol. The number of aliphatic hydroxyl groups excluding tert-OH is 1. The summed E-state index contributed by atoms with van der Waals surface area (Å²) >= 11 is 0. The Morgan fingerprint density at radius 2 is 1.90 bits per heavy atom. The molecule has 0 aliphatic heterocycles. The van der Waals surface area contributed by atoms with E-state index in [1.165, 1.54) is 0 Å². The van der Waals surface area contributed by atoms with Crippen LogP contribution in [-0.4, -0.2) is 39.8 Å². The first-order valence-corrected chi connectivity index (χ1v) is 7.14. The first-order valence-electron chi connectivity index (χ1n) is 7.14. The number of hydrogen-bond acceptors (Lipinski definition) is 4. The molecule has 1 aromatic heterocycles. The molecule has 1 aromatic rings. The zero-order valence-corrected chi connectivity index (χ0v) is 13.3. The Bertz CT molecular complexity index is 432. The van der Waals surface area contributed by atoms with Gasteiger partial charge in [0.1, 0.15) is 5.76 Å². The highest BCUT2D eigenvalue weighted by atomic mass is 16.5. The molecule has 1 heterocycles. The molecule has 0 radical (unpaired) electrons. The number of amides is 1. The Morgan fingerprint density at radius 1 is 1.30 bits per heavy atom. The lowest BCUT2D eigenvalue weighted by Gasteiger charge is -2.30. The summed E-state index contributed by atoms with van der Waals surface area (Å²) in [7, 11) is 0. The average molecular weight is 282 g/mol. The molecule has 1 amide bonds. The monoisotopic (exact) mass is 282 g/mol. The smallest absolute Gasteiger partial charge is 0.226 e. The summed E-state index contributed by atoms with van der Waals surface area (Å²) in [6.07, 6.45) is 0.0934. The molecule has 1 rings (SSSR count). The minimum absolute atomic E-state index is 0.0564. The SMILES string of the molecule is Cc1noc(C)c1CC(C)C(=O)N(CC(C)O)C(C)C. The minimum atomic E-state index is -0.521. The molecule has 2 atom stereocenters. The Kier molecular flexibility index (Phi) is 5.74. The fourth-order valence-corrected chi connectivity index (χ4v) is 2.31. The van der Waals surface area contributed by atoms with E-state index in [4.69, 9.17) is 4.52 Å². The van der Waals surface area contributed by atoms with Crippen LogP contribution in [-0.2, 0) is 11.2 Å². The van der Waals surface area contributed by atoms with Crippen molar-refractivity contribution in [1.82, 2.24) is 10.1 Å². The summed E-state index contributed by atoms with van der Waals surface area (Å²) in [5.74, 6) is 0.669. The fourth-order valence-electron chi connectivity index (χ4n) is 2.31. The van der Waals surface area contributed by atoms with Gasteiger partial charge in [-0.25, -0.2) is 0 Å². The van der Waals surface area contributed by atoms with Crippen LogP contribution in [0, 0.1) is 19.8 Å². The van der Waals surface area contributed by atoms with Gasteiger partial charge in [0, 0.05) is 24.1 Å². The highest BCUT2D eigenvalue weighted by molar-refractivity contribution is 5.79. The number of aromatic nitrogens is 1. The molecule has 0 fully saturated rings. The molecule has 0 bridgehead atoms. The maximum Gasteiger partial charge on any atom is 0.226 e. The summed E-state index contributed by atoms with van der Waals surface area (Å²) in [5.41, 5.74) is 1.85. The van der Waals surface area contributed by atoms with Gasteiger partial charge < -0.3 is 14.5 Å². The number of carbonyl (C=O) groups excluding carboxylic acids is 1. The Balaban J connectivity index is 2.79. The molecule has 0 aromatic carbocycles. The molecule has 0 aliphatic carbocycles. The van der Waals surface area contributed by atoms with Gasteiger partial charge in [0.05, 0.1) is 11.8 Å². The van der Waals surface area contributed by atoms with Gasteiger partial charge in [-0.15, -0.1) is 0 Å². The zero-order valence-electron chi connectivity index (χ0n) is 13.3. The van der Waals surface area contributed by atoms with Crippen molar-refractivity contribution in [3.8, 4) is 0 Å². The van der Waals surface area contributed by atoms with Crippen molar-refractivity contribution in [2.24, 2.45) is 5.92 Å². The molecule has 0 saturated heterocycles. The van der Waals surface area contributed by atoms with E-state index < -0.39 is 6.10 Å². The number of aliphatic hydroxyl groups is 1. The summed E-state index contributed by atoms with van der Waals surface area (Å²) < 4.78 is 5.13. The number of nitrogens with zero attached hydrogens (tertiary/aromatic N) is 2. The van der Waals surface area contributed by atoms with Gasteiger partial charge in [0.25, 0.3) is 0 Å². The normalized spacial score (nSPS) is 14.4. The van der Waals surface area contributed by atoms with Crippen molar-refractivity contribution in [2.75, 3.05) is 6.54 Å². The van der Waals surface area contributed by atoms with Crippen molar-refractivity contribution in [2.45, 2.75) is 60.1 Å². The van der Waals surface area contributed by atoms with Crippen LogP contribution in [0.5, 0.6) is 0 Å². The molecule has 1 N–H and O–H groups in total. The first-order chi connectivity index (χ1) is 9.23. The molecule has 5 nitrogen and oxygen atoms in total. The minimum Gasteiger partial charge on any atom is -0.392 e. The summed E-state index contributed by atoms with van der Waals surface area (Å²) in [5, 5.41) is 13.4. The van der Waals surface area contributed by atoms with Crippen LogP contribution in [0.4, 0.5) is 0 Å². The van der Waals surface area contributed by atoms with Crippen molar-refractivity contribution in [1.29, 1.82) is 0 Å². The van der Waals surface area contributed by atoms with Crippen LogP contribution >= 0.6 is 0 Å². The van der Waals surface area contributed by atoms with Gasteiger partial charge in [0.2, 0.25) is 5.91 Å². The first kappa shape index (κ1) is 16.7. The lowest BCUT2D eigenvalue weighted by molar-refractivity contribution is -0.138. The summed E-state index contributed by atoms with van der Waals surface area (Å²) in [6, 6.07) is 0.0734. The van der Waals surface area contributed by atoms with Gasteiger partial charge in [-0.1, -0.05) is 12.1 Å². The van der Waals surface area contributed by atoms with Crippen LogP contribution in [0.1, 0.15) is 44.7 Å². The van der Waals surface area contributed by atoms with Gasteiger partial charge >= 0.3 is 0 Å². The van der Waals surface area contributed by atoms with E-state index in [1.807, 2.05) is 34.6 Å². The fraction of sp³-hybridized carbons (Fsp3) is 0.733. The average Bonchev–Trinajstić information content (AvgIpc) is 2.66. The highest BCUT2D eigenvalue weighted by Gasteiger charge is 2.25. The van der Waals surface area contributed by atoms with E-state index in [9.17, 15) is 9.90 Å². The van der Waals surface area contributed by atoms with Crippen LogP contribution in [0.2, 0.25) is 0 Å². The molecule has 0 saturated carbocycles. The lowest BCUT2D eigenvalue weighted by atomic mass is 9.98. The number of carbonyl (C=O) groups is 1. The Morgan fingerprint density at radius 3 is 2.30 bits per heavy atom. The molecule has 2 unspecified atom stereocenters. The van der Waals surface area contributed by atoms with Gasteiger partial charge in [0.15, 0.2) is 0 Å². The molecule has 114 valence electrons. The largest absolute Gasteiger partial charge is 0.392 e. The van der Waals surface area contributed by atoms with Crippen molar-refractivity contribution < 1.29 is 14.4 Å². The highest BCUT2D eigenvalue weighted by Crippen LogP contribution is 2.19. The number of aryl methyl sites for hydroxylation is 2. The van der Waals surface area contributed by atoms with Crippen LogP contribution in [0.25, 0.3) is 0 Å². The molecule has 0 spiro atoms. The molecule has 0 aliphatic rings. The maximum absolute atomic E-state index is 12.5. The molecular formula is C15H26N2O3. The quantitative estimate of drug-likeness (QED) is 0.867. The van der Waals surface area contributed by atoms with E-state index >= 15 is 0 Å². The molecule has 20 heavy (non-hydrogen) atoms. The Hall–Kier alpha value is -1.36. The third-order valence-electron chi connectivity index (χ3n) is 3.48. The predicted octanol–water partition coefficient (Wildman–Crippen LogP) is 2.09. The summed E-state index contributed by atoms with van der Waals surface area (Å²) in [6.45, 7) is 11.6. The number of rotatable bonds is 6. The number of hydrogen-bond donors (Lipinski definition) is 1. The van der Waals surface area contributed by atoms with Gasteiger partial charge in [-0.05, 0) is 41.0 Å². The Labute approximate surface area is 120 Å². The van der Waals surface area contributed by atoms with Gasteiger partial charge in [-0.2, -0.15) is 0 Å². The van der Waals surface area contributed by atoms with E-state index in [2.05, 4.69) is 5.16 Å². The third kappa shape index (κ3) is 4.07. The second-order valence-electron chi connectivity index (χ2n) is 5.84. The van der Waals surface area contributed by atoms with E-state index in [-0.39, 0.29) is 17.9 Å². The van der Waals surface area contributed by atoms with Crippen molar-refractivity contribution >= 4 is 5.91 Å². The van der Waals surface area contributed by atoms with E-state index in [0.717, 1.165) is 17.0 Å². The second-order valence-corrected chi connectivity index (χ2v) is 5.84. The van der Waals surface area contributed by atoms with Gasteiger partial charge in [-0.3, -0.25) is 4.79 Å². The van der Waals surface area contributed by atoms with Crippen LogP contribution < -0.4 is 0 Å². The maximum atomic E-state index is 12.5. The van der Waals surface area contributed by atoms with Crippen LogP contribution in [0.3, 0.4) is 0 Å². The lowest BCUT2D eigenvalue weighted by Crippen LogP contribution is -2.44. The predicted molar refractivity (Wildman–Crippen MR) is 77.4 cm³/mol. The van der Waals surface area contributed by atoms with Crippen molar-refractivity contribution in [3.63, 3.8) is 0 Å².